The number of rotatable bonds is 6. The molecule has 31 heavy (non-hydrogen) atoms. The molecule has 0 unspecified atom stereocenters. The van der Waals surface area contributed by atoms with Crippen LogP contribution in [-0.4, -0.2) is 60.1 Å². The Labute approximate surface area is 196 Å². The maximum Gasteiger partial charge on any atom is 0.243 e. The standard InChI is InChI=1S/C22H24BrClN4O2S/c23-21-14-20(13-17-15-25-28(22(17)21)19-5-6-19)31(29,30)27-11-9-26(10-12-27)8-7-16-1-3-18(24)4-2-16/h1-4,13-15,19H,5-12H2. The summed E-state index contributed by atoms with van der Waals surface area (Å²) in [6.07, 6.45) is 4.96. The van der Waals surface area contributed by atoms with Gasteiger partial charge in [0, 0.05) is 47.6 Å². The summed E-state index contributed by atoms with van der Waals surface area (Å²) < 4.78 is 31.0. The van der Waals surface area contributed by atoms with Crippen molar-refractivity contribution in [3.05, 3.63) is 57.7 Å². The molecule has 2 aromatic carbocycles. The fourth-order valence-corrected chi connectivity index (χ4v) is 6.56. The molecule has 0 atom stereocenters. The van der Waals surface area contributed by atoms with Crippen LogP contribution in [0, 0.1) is 0 Å². The summed E-state index contributed by atoms with van der Waals surface area (Å²) >= 11 is 9.54. The minimum atomic E-state index is -3.54. The van der Waals surface area contributed by atoms with E-state index in [-0.39, 0.29) is 0 Å². The number of piperazine rings is 1. The first-order valence-electron chi connectivity index (χ1n) is 10.6. The molecule has 0 bridgehead atoms. The van der Waals surface area contributed by atoms with Gasteiger partial charge in [0.25, 0.3) is 0 Å². The van der Waals surface area contributed by atoms with Gasteiger partial charge in [0.1, 0.15) is 0 Å². The lowest BCUT2D eigenvalue weighted by atomic mass is 10.1. The molecular weight excluding hydrogens is 500 g/mol. The third kappa shape index (κ3) is 4.41. The van der Waals surface area contributed by atoms with Crippen LogP contribution in [-0.2, 0) is 16.4 Å². The number of sulfonamides is 1. The maximum absolute atomic E-state index is 13.3. The molecule has 3 aromatic rings. The number of fused-ring (bicyclic) bond motifs is 1. The largest absolute Gasteiger partial charge is 0.300 e. The molecule has 6 nitrogen and oxygen atoms in total. The normalized spacial score (nSPS) is 18.6. The van der Waals surface area contributed by atoms with Crippen LogP contribution >= 0.6 is 27.5 Å². The van der Waals surface area contributed by atoms with Gasteiger partial charge in [-0.3, -0.25) is 4.68 Å². The molecule has 9 heteroatoms. The van der Waals surface area contributed by atoms with E-state index < -0.39 is 10.0 Å². The van der Waals surface area contributed by atoms with Gasteiger partial charge in [-0.2, -0.15) is 9.40 Å². The van der Waals surface area contributed by atoms with Crippen LogP contribution in [0.3, 0.4) is 0 Å². The fourth-order valence-electron chi connectivity index (χ4n) is 4.14. The molecule has 1 aliphatic carbocycles. The van der Waals surface area contributed by atoms with Crippen molar-refractivity contribution in [2.45, 2.75) is 30.2 Å². The number of aromatic nitrogens is 2. The smallest absolute Gasteiger partial charge is 0.243 e. The zero-order valence-electron chi connectivity index (χ0n) is 17.0. The summed E-state index contributed by atoms with van der Waals surface area (Å²) in [7, 11) is -3.54. The Morgan fingerprint density at radius 1 is 1.06 bits per heavy atom. The molecule has 1 saturated carbocycles. The van der Waals surface area contributed by atoms with E-state index in [1.165, 1.54) is 5.56 Å². The van der Waals surface area contributed by atoms with Gasteiger partial charge in [0.05, 0.1) is 22.7 Å². The Bertz CT molecular complexity index is 1200. The first kappa shape index (κ1) is 21.4. The van der Waals surface area contributed by atoms with Crippen LogP contribution in [0.2, 0.25) is 5.02 Å². The zero-order chi connectivity index (χ0) is 21.6. The molecule has 2 aliphatic rings. The average Bonchev–Trinajstić information content (AvgIpc) is 3.52. The highest BCUT2D eigenvalue weighted by Crippen LogP contribution is 2.39. The van der Waals surface area contributed by atoms with Gasteiger partial charge in [-0.15, -0.1) is 0 Å². The van der Waals surface area contributed by atoms with Gasteiger partial charge in [-0.1, -0.05) is 23.7 Å². The highest BCUT2D eigenvalue weighted by Gasteiger charge is 2.31. The van der Waals surface area contributed by atoms with E-state index in [1.54, 1.807) is 22.6 Å². The van der Waals surface area contributed by atoms with E-state index in [4.69, 9.17) is 11.6 Å². The van der Waals surface area contributed by atoms with E-state index >= 15 is 0 Å². The van der Waals surface area contributed by atoms with Crippen molar-refractivity contribution in [1.29, 1.82) is 0 Å². The van der Waals surface area contributed by atoms with Gasteiger partial charge in [0.2, 0.25) is 10.0 Å². The van der Waals surface area contributed by atoms with Crippen molar-refractivity contribution < 1.29 is 8.42 Å². The lowest BCUT2D eigenvalue weighted by molar-refractivity contribution is 0.190. The molecule has 0 N–H and O–H groups in total. The second kappa shape index (κ2) is 8.48. The fraction of sp³-hybridized carbons (Fsp3) is 0.409. The molecule has 2 fully saturated rings. The molecular formula is C22H24BrClN4O2S. The minimum absolute atomic E-state index is 0.330. The Hall–Kier alpha value is -1.45. The molecule has 164 valence electrons. The van der Waals surface area contributed by atoms with E-state index in [2.05, 4.69) is 25.9 Å². The predicted molar refractivity (Wildman–Crippen MR) is 126 cm³/mol. The Balaban J connectivity index is 1.26. The lowest BCUT2D eigenvalue weighted by Crippen LogP contribution is -2.49. The summed E-state index contributed by atoms with van der Waals surface area (Å²) in [4.78, 5) is 2.65. The van der Waals surface area contributed by atoms with Crippen LogP contribution in [0.1, 0.15) is 24.4 Å². The van der Waals surface area contributed by atoms with E-state index in [1.807, 2.05) is 28.9 Å². The highest BCUT2D eigenvalue weighted by molar-refractivity contribution is 9.10. The number of hydrogen-bond acceptors (Lipinski definition) is 4. The zero-order valence-corrected chi connectivity index (χ0v) is 20.2. The van der Waals surface area contributed by atoms with Gasteiger partial charge in [0.15, 0.2) is 0 Å². The van der Waals surface area contributed by atoms with Crippen molar-refractivity contribution in [2.75, 3.05) is 32.7 Å². The number of benzene rings is 2. The van der Waals surface area contributed by atoms with E-state index in [0.29, 0.717) is 24.0 Å². The summed E-state index contributed by atoms with van der Waals surface area (Å²) in [6.45, 7) is 3.37. The summed E-state index contributed by atoms with van der Waals surface area (Å²) in [6, 6.07) is 11.8. The predicted octanol–water partition coefficient (Wildman–Crippen LogP) is 4.34. The van der Waals surface area contributed by atoms with Gasteiger partial charge >= 0.3 is 0 Å². The minimum Gasteiger partial charge on any atom is -0.300 e. The quantitative estimate of drug-likeness (QED) is 0.482. The molecule has 5 rings (SSSR count). The van der Waals surface area contributed by atoms with E-state index in [9.17, 15) is 8.42 Å². The molecule has 2 heterocycles. The maximum atomic E-state index is 13.3. The Kier molecular flexibility index (Phi) is 5.85. The Morgan fingerprint density at radius 2 is 1.77 bits per heavy atom. The lowest BCUT2D eigenvalue weighted by Gasteiger charge is -2.34. The van der Waals surface area contributed by atoms with Crippen LogP contribution in [0.15, 0.2) is 52.0 Å². The van der Waals surface area contributed by atoms with Crippen molar-refractivity contribution in [1.82, 2.24) is 19.0 Å². The molecule has 1 saturated heterocycles. The SMILES string of the molecule is O=S(=O)(c1cc(Br)c2c(cnn2C2CC2)c1)N1CCN(CCc2ccc(Cl)cc2)CC1. The van der Waals surface area contributed by atoms with Crippen LogP contribution < -0.4 is 0 Å². The second-order valence-corrected chi connectivity index (χ2v) is 11.5. The summed E-state index contributed by atoms with van der Waals surface area (Å²) in [5.41, 5.74) is 2.22. The molecule has 0 amide bonds. The van der Waals surface area contributed by atoms with E-state index in [0.717, 1.165) is 59.3 Å². The second-order valence-electron chi connectivity index (χ2n) is 8.29. The van der Waals surface area contributed by atoms with Crippen LogP contribution in [0.25, 0.3) is 10.9 Å². The third-order valence-corrected chi connectivity index (χ3v) is 8.84. The topological polar surface area (TPSA) is 58.4 Å². The van der Waals surface area contributed by atoms with Crippen LogP contribution in [0.5, 0.6) is 0 Å². The van der Waals surface area contributed by atoms with Crippen molar-refractivity contribution in [3.8, 4) is 0 Å². The Morgan fingerprint density at radius 3 is 2.45 bits per heavy atom. The molecule has 0 radical (unpaired) electrons. The summed E-state index contributed by atoms with van der Waals surface area (Å²) in [5, 5.41) is 6.08. The highest BCUT2D eigenvalue weighted by atomic mass is 79.9. The monoisotopic (exact) mass is 522 g/mol. The summed E-state index contributed by atoms with van der Waals surface area (Å²) in [5.74, 6) is 0. The van der Waals surface area contributed by atoms with Crippen molar-refractivity contribution >= 4 is 48.5 Å². The molecule has 1 aromatic heterocycles. The van der Waals surface area contributed by atoms with Gasteiger partial charge < -0.3 is 4.90 Å². The number of nitrogens with zero attached hydrogens (tertiary/aromatic N) is 4. The number of halogens is 2. The average molecular weight is 524 g/mol. The number of hydrogen-bond donors (Lipinski definition) is 0. The first-order valence-corrected chi connectivity index (χ1v) is 13.2. The third-order valence-electron chi connectivity index (χ3n) is 6.11. The van der Waals surface area contributed by atoms with Crippen molar-refractivity contribution in [3.63, 3.8) is 0 Å². The van der Waals surface area contributed by atoms with Crippen molar-refractivity contribution in [2.24, 2.45) is 0 Å². The first-order chi connectivity index (χ1) is 14.9. The molecule has 1 aliphatic heterocycles. The van der Waals surface area contributed by atoms with Gasteiger partial charge in [-0.05, 0) is 65.0 Å². The van der Waals surface area contributed by atoms with Gasteiger partial charge in [-0.25, -0.2) is 8.42 Å². The van der Waals surface area contributed by atoms with Crippen LogP contribution in [0.4, 0.5) is 0 Å². The molecule has 0 spiro atoms.